The smallest absolute Gasteiger partial charge is 0.207 e. The summed E-state index contributed by atoms with van der Waals surface area (Å²) in [6.07, 6.45) is 0.765. The lowest BCUT2D eigenvalue weighted by atomic mass is 9.82. The van der Waals surface area contributed by atoms with Gasteiger partial charge in [-0.2, -0.15) is 0 Å². The van der Waals surface area contributed by atoms with E-state index in [0.717, 1.165) is 6.29 Å². The fraction of sp³-hybridized carbons (Fsp3) is 0.857. The predicted molar refractivity (Wildman–Crippen MR) is 40.9 cm³/mol. The molecule has 0 heterocycles. The third kappa shape index (κ3) is 3.11. The van der Waals surface area contributed by atoms with E-state index in [2.05, 4.69) is 0 Å². The largest absolute Gasteiger partial charge is 0.303 e. The molecule has 0 saturated heterocycles. The van der Waals surface area contributed by atoms with Crippen molar-refractivity contribution in [3.8, 4) is 0 Å². The van der Waals surface area contributed by atoms with Gasteiger partial charge < -0.3 is 4.79 Å². The van der Waals surface area contributed by atoms with Gasteiger partial charge in [-0.15, -0.1) is 0 Å². The summed E-state index contributed by atoms with van der Waals surface area (Å²) in [4.78, 5) is 20.1. The second-order valence-corrected chi connectivity index (χ2v) is 3.36. The number of nitro groups is 1. The lowest BCUT2D eigenvalue weighted by Gasteiger charge is -2.21. The van der Waals surface area contributed by atoms with Gasteiger partial charge in [0.05, 0.1) is 0 Å². The Hall–Kier alpha value is -0.930. The van der Waals surface area contributed by atoms with Gasteiger partial charge in [-0.25, -0.2) is 0 Å². The van der Waals surface area contributed by atoms with E-state index < -0.39 is 10.3 Å². The first-order valence-electron chi connectivity index (χ1n) is 3.48. The van der Waals surface area contributed by atoms with Crippen molar-refractivity contribution >= 4 is 6.29 Å². The van der Waals surface area contributed by atoms with Gasteiger partial charge in [0.1, 0.15) is 6.29 Å². The maximum Gasteiger partial charge on any atom is 0.207 e. The summed E-state index contributed by atoms with van der Waals surface area (Å²) < 4.78 is 0. The maximum atomic E-state index is 10.4. The molecule has 0 aliphatic carbocycles. The summed E-state index contributed by atoms with van der Waals surface area (Å²) in [6, 6.07) is 0. The number of aldehydes is 1. The molecule has 0 unspecified atom stereocenters. The van der Waals surface area contributed by atoms with Crippen LogP contribution in [0.5, 0.6) is 0 Å². The number of hydrogen-bond acceptors (Lipinski definition) is 3. The minimum Gasteiger partial charge on any atom is -0.303 e. The topological polar surface area (TPSA) is 60.2 Å². The zero-order chi connectivity index (χ0) is 9.07. The molecule has 0 amide bonds. The quantitative estimate of drug-likeness (QED) is 0.351. The SMILES string of the molecule is C[C@H](C[N+](=O)[O-])C(C)(C)C=O. The molecule has 0 aliphatic rings. The zero-order valence-corrected chi connectivity index (χ0v) is 7.03. The fourth-order valence-corrected chi connectivity index (χ4v) is 0.575. The number of hydrogen-bond donors (Lipinski definition) is 0. The molecule has 4 nitrogen and oxygen atoms in total. The van der Waals surface area contributed by atoms with Crippen LogP contribution in [0, 0.1) is 21.4 Å². The zero-order valence-electron chi connectivity index (χ0n) is 7.03. The highest BCUT2D eigenvalue weighted by molar-refractivity contribution is 5.58. The van der Waals surface area contributed by atoms with Crippen LogP contribution >= 0.6 is 0 Å². The van der Waals surface area contributed by atoms with Crippen molar-refractivity contribution in [3.05, 3.63) is 10.1 Å². The Labute approximate surface area is 65.7 Å². The molecular formula is C7H13NO3. The van der Waals surface area contributed by atoms with Crippen molar-refractivity contribution in [2.75, 3.05) is 6.54 Å². The third-order valence-electron chi connectivity index (χ3n) is 2.00. The number of rotatable bonds is 4. The molecule has 0 spiro atoms. The molecule has 4 heteroatoms. The second-order valence-electron chi connectivity index (χ2n) is 3.36. The average Bonchev–Trinajstić information content (AvgIpc) is 1.86. The Balaban J connectivity index is 4.11. The van der Waals surface area contributed by atoms with E-state index in [1.54, 1.807) is 20.8 Å². The molecule has 0 aliphatic heterocycles. The van der Waals surface area contributed by atoms with Gasteiger partial charge in [0.25, 0.3) is 0 Å². The van der Waals surface area contributed by atoms with Crippen molar-refractivity contribution < 1.29 is 9.72 Å². The highest BCUT2D eigenvalue weighted by Gasteiger charge is 2.28. The van der Waals surface area contributed by atoms with E-state index in [1.807, 2.05) is 0 Å². The second kappa shape index (κ2) is 3.46. The van der Waals surface area contributed by atoms with Crippen LogP contribution in [0.1, 0.15) is 20.8 Å². The molecule has 0 aromatic rings. The van der Waals surface area contributed by atoms with E-state index >= 15 is 0 Å². The minimum absolute atomic E-state index is 0.147. The molecule has 11 heavy (non-hydrogen) atoms. The molecule has 0 radical (unpaired) electrons. The van der Waals surface area contributed by atoms with Crippen LogP contribution in [0.4, 0.5) is 0 Å². The Morgan fingerprint density at radius 3 is 2.36 bits per heavy atom. The highest BCUT2D eigenvalue weighted by atomic mass is 16.6. The monoisotopic (exact) mass is 159 g/mol. The maximum absolute atomic E-state index is 10.4. The average molecular weight is 159 g/mol. The molecule has 1 atom stereocenters. The fourth-order valence-electron chi connectivity index (χ4n) is 0.575. The first-order chi connectivity index (χ1) is 4.90. The van der Waals surface area contributed by atoms with E-state index in [-0.39, 0.29) is 12.5 Å². The van der Waals surface area contributed by atoms with Crippen molar-refractivity contribution in [2.24, 2.45) is 11.3 Å². The first-order valence-corrected chi connectivity index (χ1v) is 3.48. The van der Waals surface area contributed by atoms with Crippen molar-refractivity contribution in [1.29, 1.82) is 0 Å². The summed E-state index contributed by atoms with van der Waals surface area (Å²) in [7, 11) is 0. The Morgan fingerprint density at radius 2 is 2.09 bits per heavy atom. The van der Waals surface area contributed by atoms with Crippen molar-refractivity contribution in [3.63, 3.8) is 0 Å². The Kier molecular flexibility index (Phi) is 3.17. The summed E-state index contributed by atoms with van der Waals surface area (Å²) in [5, 5.41) is 10.1. The molecule has 0 bridgehead atoms. The Morgan fingerprint density at radius 1 is 1.64 bits per heavy atom. The molecule has 0 aromatic heterocycles. The lowest BCUT2D eigenvalue weighted by Crippen LogP contribution is -2.28. The van der Waals surface area contributed by atoms with Crippen LogP contribution in [0.2, 0.25) is 0 Å². The van der Waals surface area contributed by atoms with E-state index in [1.165, 1.54) is 0 Å². The number of nitrogens with zero attached hydrogens (tertiary/aromatic N) is 1. The van der Waals surface area contributed by atoms with Gasteiger partial charge in [0.15, 0.2) is 0 Å². The molecule has 0 aromatic carbocycles. The minimum atomic E-state index is -0.590. The summed E-state index contributed by atoms with van der Waals surface area (Å²) in [5.41, 5.74) is -0.590. The molecule has 0 rings (SSSR count). The van der Waals surface area contributed by atoms with Crippen LogP contribution in [-0.4, -0.2) is 17.8 Å². The summed E-state index contributed by atoms with van der Waals surface area (Å²) >= 11 is 0. The molecular weight excluding hydrogens is 146 g/mol. The predicted octanol–water partition coefficient (Wildman–Crippen LogP) is 1.12. The highest BCUT2D eigenvalue weighted by Crippen LogP contribution is 2.23. The number of carbonyl (C=O) groups is 1. The van der Waals surface area contributed by atoms with Crippen LogP contribution < -0.4 is 0 Å². The molecule has 64 valence electrons. The molecule has 0 fully saturated rings. The normalized spacial score (nSPS) is 14.1. The van der Waals surface area contributed by atoms with Gasteiger partial charge >= 0.3 is 0 Å². The summed E-state index contributed by atoms with van der Waals surface area (Å²) in [6.45, 7) is 4.96. The summed E-state index contributed by atoms with van der Waals surface area (Å²) in [5.74, 6) is -0.213. The van der Waals surface area contributed by atoms with Crippen LogP contribution in [0.25, 0.3) is 0 Å². The lowest BCUT2D eigenvalue weighted by molar-refractivity contribution is -0.490. The third-order valence-corrected chi connectivity index (χ3v) is 2.00. The van der Waals surface area contributed by atoms with E-state index in [4.69, 9.17) is 0 Å². The van der Waals surface area contributed by atoms with Gasteiger partial charge in [0, 0.05) is 16.3 Å². The van der Waals surface area contributed by atoms with E-state index in [0.29, 0.717) is 0 Å². The van der Waals surface area contributed by atoms with Crippen LogP contribution in [0.15, 0.2) is 0 Å². The van der Waals surface area contributed by atoms with Crippen LogP contribution in [0.3, 0.4) is 0 Å². The van der Waals surface area contributed by atoms with Gasteiger partial charge in [0.2, 0.25) is 6.54 Å². The van der Waals surface area contributed by atoms with E-state index in [9.17, 15) is 14.9 Å². The van der Waals surface area contributed by atoms with Gasteiger partial charge in [-0.3, -0.25) is 10.1 Å². The first kappa shape index (κ1) is 10.1. The molecule has 0 N–H and O–H groups in total. The van der Waals surface area contributed by atoms with Gasteiger partial charge in [-0.1, -0.05) is 20.8 Å². The standard InChI is InChI=1S/C7H13NO3/c1-6(4-8(10)11)7(2,3)5-9/h5-6H,4H2,1-3H3/t6-/m1/s1. The van der Waals surface area contributed by atoms with Crippen LogP contribution in [-0.2, 0) is 4.79 Å². The van der Waals surface area contributed by atoms with Gasteiger partial charge in [-0.05, 0) is 0 Å². The number of carbonyl (C=O) groups excluding carboxylic acids is 1. The van der Waals surface area contributed by atoms with Crippen molar-refractivity contribution in [1.82, 2.24) is 0 Å². The van der Waals surface area contributed by atoms with Crippen molar-refractivity contribution in [2.45, 2.75) is 20.8 Å². The Bertz CT molecular complexity index is 165. The molecule has 0 saturated carbocycles.